The van der Waals surface area contributed by atoms with E-state index in [1.54, 1.807) is 11.0 Å². The average Bonchev–Trinajstić information content (AvgIpc) is 3.26. The zero-order valence-electron chi connectivity index (χ0n) is 14.5. The minimum Gasteiger partial charge on any atom is -0.464 e. The molecule has 2 atom stereocenters. The number of hydrogen-bond donors (Lipinski definition) is 0. The lowest BCUT2D eigenvalue weighted by Crippen LogP contribution is -2.40. The van der Waals surface area contributed by atoms with Gasteiger partial charge in [-0.1, -0.05) is 13.8 Å². The molecule has 0 aromatic carbocycles. The van der Waals surface area contributed by atoms with Gasteiger partial charge in [-0.2, -0.15) is 5.10 Å². The largest absolute Gasteiger partial charge is 0.464 e. The first-order valence-corrected chi connectivity index (χ1v) is 8.88. The lowest BCUT2D eigenvalue weighted by atomic mass is 9.90. The van der Waals surface area contributed by atoms with E-state index < -0.39 is 0 Å². The highest BCUT2D eigenvalue weighted by Crippen LogP contribution is 2.35. The van der Waals surface area contributed by atoms with Gasteiger partial charge in [0.1, 0.15) is 24.2 Å². The average molecular weight is 330 g/mol. The number of amides is 1. The number of carbonyl (C=O) groups excluding carboxylic acids is 1. The van der Waals surface area contributed by atoms with Crippen LogP contribution < -0.4 is 0 Å². The van der Waals surface area contributed by atoms with Crippen LogP contribution in [0.1, 0.15) is 57.1 Å². The summed E-state index contributed by atoms with van der Waals surface area (Å²) >= 11 is 0. The molecule has 2 aromatic heterocycles. The summed E-state index contributed by atoms with van der Waals surface area (Å²) in [5.41, 5.74) is 0. The Labute approximate surface area is 142 Å². The van der Waals surface area contributed by atoms with Crippen molar-refractivity contribution in [3.05, 3.63) is 36.3 Å². The molecule has 0 saturated carbocycles. The Morgan fingerprint density at radius 3 is 3.00 bits per heavy atom. The van der Waals surface area contributed by atoms with Crippen LogP contribution in [0.2, 0.25) is 0 Å². The van der Waals surface area contributed by atoms with Crippen LogP contribution in [0.15, 0.2) is 29.2 Å². The standard InChI is InChI=1S/C18H26N4O2/c1-3-15-6-7-17(24-15)16-11-14(2)8-10-22(16)18(23)5-4-9-21-13-19-12-20-21/h6-7,12-14,16H,3-5,8-11H2,1-2H3. The predicted molar refractivity (Wildman–Crippen MR) is 90.2 cm³/mol. The van der Waals surface area contributed by atoms with Crippen molar-refractivity contribution < 1.29 is 9.21 Å². The quantitative estimate of drug-likeness (QED) is 0.816. The Balaban J connectivity index is 1.63. The summed E-state index contributed by atoms with van der Waals surface area (Å²) in [5.74, 6) is 2.75. The molecule has 6 nitrogen and oxygen atoms in total. The van der Waals surface area contributed by atoms with Crippen LogP contribution in [0.5, 0.6) is 0 Å². The summed E-state index contributed by atoms with van der Waals surface area (Å²) in [7, 11) is 0. The minimum atomic E-state index is 0.0768. The minimum absolute atomic E-state index is 0.0768. The molecule has 2 aromatic rings. The van der Waals surface area contributed by atoms with Crippen molar-refractivity contribution in [2.75, 3.05) is 6.54 Å². The molecular weight excluding hydrogens is 304 g/mol. The predicted octanol–water partition coefficient (Wildman–Crippen LogP) is 3.21. The highest BCUT2D eigenvalue weighted by molar-refractivity contribution is 5.76. The molecule has 6 heteroatoms. The molecule has 0 aliphatic carbocycles. The molecule has 3 rings (SSSR count). The smallest absolute Gasteiger partial charge is 0.223 e. The normalized spacial score (nSPS) is 21.2. The van der Waals surface area contributed by atoms with E-state index in [1.807, 2.05) is 17.0 Å². The zero-order valence-corrected chi connectivity index (χ0v) is 14.5. The SMILES string of the molecule is CCc1ccc(C2CC(C)CCN2C(=O)CCCn2cncn2)o1. The third kappa shape index (κ3) is 3.86. The van der Waals surface area contributed by atoms with Crippen LogP contribution in [0, 0.1) is 5.92 Å². The molecule has 24 heavy (non-hydrogen) atoms. The third-order valence-corrected chi connectivity index (χ3v) is 4.79. The lowest BCUT2D eigenvalue weighted by molar-refractivity contribution is -0.136. The van der Waals surface area contributed by atoms with Crippen molar-refractivity contribution in [3.63, 3.8) is 0 Å². The Kier molecular flexibility index (Phi) is 5.33. The van der Waals surface area contributed by atoms with Gasteiger partial charge >= 0.3 is 0 Å². The highest BCUT2D eigenvalue weighted by atomic mass is 16.3. The van der Waals surface area contributed by atoms with E-state index in [-0.39, 0.29) is 11.9 Å². The molecule has 1 fully saturated rings. The molecule has 1 saturated heterocycles. The lowest BCUT2D eigenvalue weighted by Gasteiger charge is -2.37. The van der Waals surface area contributed by atoms with Crippen LogP contribution in [0.25, 0.3) is 0 Å². The molecule has 1 aliphatic heterocycles. The molecule has 130 valence electrons. The van der Waals surface area contributed by atoms with Crippen molar-refractivity contribution in [1.82, 2.24) is 19.7 Å². The number of hydrogen-bond acceptors (Lipinski definition) is 4. The van der Waals surface area contributed by atoms with Gasteiger partial charge in [-0.15, -0.1) is 0 Å². The van der Waals surface area contributed by atoms with Crippen LogP contribution in [0.3, 0.4) is 0 Å². The Bertz CT molecular complexity index is 650. The fourth-order valence-corrected chi connectivity index (χ4v) is 3.36. The van der Waals surface area contributed by atoms with Crippen LogP contribution in [-0.4, -0.2) is 32.1 Å². The maximum absolute atomic E-state index is 12.7. The first-order chi connectivity index (χ1) is 11.7. The molecule has 0 bridgehead atoms. The second-order valence-electron chi connectivity index (χ2n) is 6.65. The van der Waals surface area contributed by atoms with E-state index in [0.717, 1.165) is 50.3 Å². The second kappa shape index (κ2) is 7.64. The number of nitrogens with zero attached hydrogens (tertiary/aromatic N) is 4. The number of aryl methyl sites for hydroxylation is 2. The highest BCUT2D eigenvalue weighted by Gasteiger charge is 2.32. The Hall–Kier alpha value is -2.11. The number of likely N-dealkylation sites (tertiary alicyclic amines) is 1. The number of rotatable bonds is 6. The molecule has 2 unspecified atom stereocenters. The molecule has 0 radical (unpaired) electrons. The molecular formula is C18H26N4O2. The fourth-order valence-electron chi connectivity index (χ4n) is 3.36. The maximum atomic E-state index is 12.7. The van der Waals surface area contributed by atoms with Crippen molar-refractivity contribution >= 4 is 5.91 Å². The number of piperidine rings is 1. The van der Waals surface area contributed by atoms with E-state index in [0.29, 0.717) is 12.3 Å². The second-order valence-corrected chi connectivity index (χ2v) is 6.65. The van der Waals surface area contributed by atoms with Gasteiger partial charge in [0, 0.05) is 25.9 Å². The summed E-state index contributed by atoms with van der Waals surface area (Å²) in [6.07, 6.45) is 7.44. The van der Waals surface area contributed by atoms with Gasteiger partial charge in [0.2, 0.25) is 5.91 Å². The van der Waals surface area contributed by atoms with E-state index in [4.69, 9.17) is 4.42 Å². The van der Waals surface area contributed by atoms with Crippen molar-refractivity contribution in [1.29, 1.82) is 0 Å². The van der Waals surface area contributed by atoms with Gasteiger partial charge in [0.15, 0.2) is 0 Å². The number of carbonyl (C=O) groups is 1. The van der Waals surface area contributed by atoms with Gasteiger partial charge in [-0.05, 0) is 37.3 Å². The van der Waals surface area contributed by atoms with E-state index in [9.17, 15) is 4.79 Å². The van der Waals surface area contributed by atoms with Crippen molar-refractivity contribution in [3.8, 4) is 0 Å². The summed E-state index contributed by atoms with van der Waals surface area (Å²) in [4.78, 5) is 18.7. The summed E-state index contributed by atoms with van der Waals surface area (Å²) in [6.45, 7) is 5.87. The van der Waals surface area contributed by atoms with Crippen LogP contribution in [0.4, 0.5) is 0 Å². The molecule has 1 amide bonds. The van der Waals surface area contributed by atoms with E-state index in [1.165, 1.54) is 6.33 Å². The summed E-state index contributed by atoms with van der Waals surface area (Å²) in [6, 6.07) is 4.15. The Morgan fingerprint density at radius 2 is 2.29 bits per heavy atom. The summed E-state index contributed by atoms with van der Waals surface area (Å²) < 4.78 is 7.72. The monoisotopic (exact) mass is 330 g/mol. The van der Waals surface area contributed by atoms with E-state index >= 15 is 0 Å². The van der Waals surface area contributed by atoms with Gasteiger partial charge in [-0.25, -0.2) is 4.98 Å². The number of aromatic nitrogens is 3. The molecule has 0 N–H and O–H groups in total. The van der Waals surface area contributed by atoms with Crippen LogP contribution >= 0.6 is 0 Å². The van der Waals surface area contributed by atoms with Crippen molar-refractivity contribution in [2.45, 2.75) is 58.5 Å². The van der Waals surface area contributed by atoms with Gasteiger partial charge < -0.3 is 9.32 Å². The van der Waals surface area contributed by atoms with Gasteiger partial charge in [-0.3, -0.25) is 9.48 Å². The molecule has 1 aliphatic rings. The third-order valence-electron chi connectivity index (χ3n) is 4.79. The fraction of sp³-hybridized carbons (Fsp3) is 0.611. The topological polar surface area (TPSA) is 64.2 Å². The molecule has 0 spiro atoms. The first-order valence-electron chi connectivity index (χ1n) is 8.88. The van der Waals surface area contributed by atoms with Crippen LogP contribution in [-0.2, 0) is 17.8 Å². The first kappa shape index (κ1) is 16.7. The zero-order chi connectivity index (χ0) is 16.9. The maximum Gasteiger partial charge on any atom is 0.223 e. The van der Waals surface area contributed by atoms with Gasteiger partial charge in [0.05, 0.1) is 6.04 Å². The summed E-state index contributed by atoms with van der Waals surface area (Å²) in [5, 5.41) is 4.08. The Morgan fingerprint density at radius 1 is 1.42 bits per heavy atom. The van der Waals surface area contributed by atoms with E-state index in [2.05, 4.69) is 23.9 Å². The molecule has 3 heterocycles. The number of furan rings is 1. The van der Waals surface area contributed by atoms with Crippen molar-refractivity contribution in [2.24, 2.45) is 5.92 Å². The van der Waals surface area contributed by atoms with Gasteiger partial charge in [0.25, 0.3) is 0 Å².